The van der Waals surface area contributed by atoms with Crippen LogP contribution in [0, 0.1) is 5.92 Å². The van der Waals surface area contributed by atoms with E-state index in [0.717, 1.165) is 6.42 Å². The Morgan fingerprint density at radius 2 is 1.95 bits per heavy atom. The monoisotopic (exact) mass is 295 g/mol. The molecule has 1 heterocycles. The number of nitrogens with zero attached hydrogens (tertiary/aromatic N) is 1. The Balaban J connectivity index is 1.92. The fourth-order valence-corrected chi connectivity index (χ4v) is 3.35. The van der Waals surface area contributed by atoms with Crippen molar-refractivity contribution in [3.05, 3.63) is 77.5 Å². The maximum atomic E-state index is 4.63. The summed E-state index contributed by atoms with van der Waals surface area (Å²) in [7, 11) is 0. The van der Waals surface area contributed by atoms with Gasteiger partial charge >= 0.3 is 0 Å². The summed E-state index contributed by atoms with van der Waals surface area (Å²) >= 11 is 4.63. The van der Waals surface area contributed by atoms with E-state index in [2.05, 4.69) is 87.5 Å². The van der Waals surface area contributed by atoms with Gasteiger partial charge in [0.2, 0.25) is 0 Å². The average molecular weight is 295 g/mol. The summed E-state index contributed by atoms with van der Waals surface area (Å²) in [5.74, 6) is 0.550. The van der Waals surface area contributed by atoms with E-state index in [0.29, 0.717) is 5.92 Å². The van der Waals surface area contributed by atoms with E-state index in [1.54, 1.807) is 0 Å². The van der Waals surface area contributed by atoms with Crippen molar-refractivity contribution >= 4 is 18.4 Å². The van der Waals surface area contributed by atoms with Crippen molar-refractivity contribution in [3.63, 3.8) is 0 Å². The van der Waals surface area contributed by atoms with Gasteiger partial charge in [-0.25, -0.2) is 0 Å². The lowest BCUT2D eigenvalue weighted by Crippen LogP contribution is -2.29. The van der Waals surface area contributed by atoms with E-state index in [4.69, 9.17) is 0 Å². The zero-order valence-electron chi connectivity index (χ0n) is 12.5. The first kappa shape index (κ1) is 14.3. The third-order valence-corrected chi connectivity index (χ3v) is 4.56. The summed E-state index contributed by atoms with van der Waals surface area (Å²) in [5.41, 5.74) is 5.29. The Labute approximate surface area is 132 Å². The number of allylic oxidation sites excluding steroid dienone is 5. The highest BCUT2D eigenvalue weighted by atomic mass is 32.1. The van der Waals surface area contributed by atoms with Gasteiger partial charge in [0.15, 0.2) is 0 Å². The molecule has 0 saturated carbocycles. The van der Waals surface area contributed by atoms with E-state index in [1.807, 2.05) is 4.31 Å². The Morgan fingerprint density at radius 3 is 2.67 bits per heavy atom. The van der Waals surface area contributed by atoms with Crippen LogP contribution in [-0.4, -0.2) is 10.3 Å². The highest BCUT2D eigenvalue weighted by Crippen LogP contribution is 2.34. The van der Waals surface area contributed by atoms with Crippen molar-refractivity contribution in [2.45, 2.75) is 26.3 Å². The summed E-state index contributed by atoms with van der Waals surface area (Å²) in [5, 5.41) is 0. The normalized spacial score (nSPS) is 25.3. The largest absolute Gasteiger partial charge is 0.314 e. The van der Waals surface area contributed by atoms with Crippen LogP contribution in [0.3, 0.4) is 0 Å². The molecule has 0 radical (unpaired) electrons. The first-order chi connectivity index (χ1) is 10.1. The van der Waals surface area contributed by atoms with Crippen LogP contribution < -0.4 is 0 Å². The number of thiol groups is 1. The molecule has 1 aromatic carbocycles. The Morgan fingerprint density at radius 1 is 1.19 bits per heavy atom. The molecule has 2 atom stereocenters. The van der Waals surface area contributed by atoms with Crippen LogP contribution in [0.2, 0.25) is 0 Å². The molecule has 1 aromatic rings. The number of benzene rings is 1. The maximum absolute atomic E-state index is 4.63. The summed E-state index contributed by atoms with van der Waals surface area (Å²) in [6.45, 7) is 4.40. The highest BCUT2D eigenvalue weighted by Gasteiger charge is 2.24. The second-order valence-corrected chi connectivity index (χ2v) is 6.33. The standard InChI is InChI=1S/C19H21NS/c1-14-8-11-19(20(21)13-14)18-12-17(10-9-15(18)2)16-6-4-3-5-7-16/h3-8,10-13,15,19,21H,9H2,1-2H3. The molecular formula is C19H21NS. The third kappa shape index (κ3) is 3.01. The van der Waals surface area contributed by atoms with Crippen LogP contribution in [-0.2, 0) is 0 Å². The highest BCUT2D eigenvalue weighted by molar-refractivity contribution is 7.77. The summed E-state index contributed by atoms with van der Waals surface area (Å²) < 4.78 is 2.02. The van der Waals surface area contributed by atoms with Crippen LogP contribution in [0.1, 0.15) is 25.8 Å². The molecule has 0 N–H and O–H groups in total. The van der Waals surface area contributed by atoms with Crippen molar-refractivity contribution in [2.75, 3.05) is 0 Å². The third-order valence-electron chi connectivity index (χ3n) is 4.19. The van der Waals surface area contributed by atoms with Crippen molar-refractivity contribution in [1.29, 1.82) is 0 Å². The molecule has 21 heavy (non-hydrogen) atoms. The minimum Gasteiger partial charge on any atom is -0.314 e. The number of hydrogen-bond donors (Lipinski definition) is 1. The summed E-state index contributed by atoms with van der Waals surface area (Å²) in [6, 6.07) is 10.9. The predicted molar refractivity (Wildman–Crippen MR) is 93.8 cm³/mol. The molecule has 108 valence electrons. The van der Waals surface area contributed by atoms with Gasteiger partial charge in [0.05, 0.1) is 6.04 Å². The lowest BCUT2D eigenvalue weighted by atomic mass is 9.83. The van der Waals surface area contributed by atoms with E-state index >= 15 is 0 Å². The van der Waals surface area contributed by atoms with Gasteiger partial charge in [-0.3, -0.25) is 0 Å². The molecule has 0 saturated heterocycles. The van der Waals surface area contributed by atoms with Crippen LogP contribution in [0.5, 0.6) is 0 Å². The molecule has 2 unspecified atom stereocenters. The second-order valence-electron chi connectivity index (χ2n) is 5.86. The minimum absolute atomic E-state index is 0.249. The Kier molecular flexibility index (Phi) is 4.07. The lowest BCUT2D eigenvalue weighted by Gasteiger charge is -2.33. The second kappa shape index (κ2) is 5.98. The van der Waals surface area contributed by atoms with Crippen LogP contribution >= 0.6 is 12.8 Å². The molecule has 0 fully saturated rings. The molecule has 1 nitrogen and oxygen atoms in total. The molecule has 1 aliphatic heterocycles. The van der Waals surface area contributed by atoms with Crippen molar-refractivity contribution in [1.82, 2.24) is 4.31 Å². The molecule has 0 spiro atoms. The van der Waals surface area contributed by atoms with Crippen LogP contribution in [0.15, 0.2) is 72.0 Å². The predicted octanol–water partition coefficient (Wildman–Crippen LogP) is 5.03. The zero-order chi connectivity index (χ0) is 14.8. The molecular weight excluding hydrogens is 274 g/mol. The smallest absolute Gasteiger partial charge is 0.0797 e. The number of hydrogen-bond acceptors (Lipinski definition) is 2. The Bertz CT molecular complexity index is 637. The van der Waals surface area contributed by atoms with Crippen molar-refractivity contribution in [3.8, 4) is 0 Å². The van der Waals surface area contributed by atoms with Crippen molar-refractivity contribution in [2.24, 2.45) is 5.92 Å². The Hall–Kier alpha value is -1.67. The fourth-order valence-electron chi connectivity index (χ4n) is 2.96. The van der Waals surface area contributed by atoms with Gasteiger partial charge in [0.1, 0.15) is 0 Å². The van der Waals surface area contributed by atoms with Gasteiger partial charge in [-0.1, -0.05) is 74.4 Å². The van der Waals surface area contributed by atoms with E-state index in [-0.39, 0.29) is 6.04 Å². The first-order valence-electron chi connectivity index (χ1n) is 7.46. The topological polar surface area (TPSA) is 3.24 Å². The number of rotatable bonds is 2. The molecule has 2 aliphatic rings. The van der Waals surface area contributed by atoms with Gasteiger partial charge < -0.3 is 4.31 Å². The van der Waals surface area contributed by atoms with E-state index in [9.17, 15) is 0 Å². The zero-order valence-corrected chi connectivity index (χ0v) is 13.4. The van der Waals surface area contributed by atoms with Crippen LogP contribution in [0.4, 0.5) is 0 Å². The summed E-state index contributed by atoms with van der Waals surface area (Å²) in [4.78, 5) is 0. The fraction of sp³-hybridized carbons (Fsp3) is 0.263. The lowest BCUT2D eigenvalue weighted by molar-refractivity contribution is 0.509. The molecule has 2 heteroatoms. The molecule has 0 bridgehead atoms. The summed E-state index contributed by atoms with van der Waals surface area (Å²) in [6.07, 6.45) is 12.3. The molecule has 1 aliphatic carbocycles. The van der Waals surface area contributed by atoms with E-state index in [1.165, 1.54) is 22.3 Å². The van der Waals surface area contributed by atoms with Gasteiger partial charge in [0.25, 0.3) is 0 Å². The van der Waals surface area contributed by atoms with Gasteiger partial charge in [-0.15, -0.1) is 0 Å². The van der Waals surface area contributed by atoms with Gasteiger partial charge in [0, 0.05) is 6.20 Å². The average Bonchev–Trinajstić information content (AvgIpc) is 2.49. The minimum atomic E-state index is 0.249. The van der Waals surface area contributed by atoms with Gasteiger partial charge in [-0.2, -0.15) is 0 Å². The first-order valence-corrected chi connectivity index (χ1v) is 7.86. The van der Waals surface area contributed by atoms with Crippen molar-refractivity contribution < 1.29 is 0 Å². The van der Waals surface area contributed by atoms with E-state index < -0.39 is 0 Å². The van der Waals surface area contributed by atoms with Crippen LogP contribution in [0.25, 0.3) is 5.57 Å². The van der Waals surface area contributed by atoms with Gasteiger partial charge in [-0.05, 0) is 41.5 Å². The molecule has 0 aromatic heterocycles. The molecule has 3 rings (SSSR count). The maximum Gasteiger partial charge on any atom is 0.0797 e. The quantitative estimate of drug-likeness (QED) is 0.749. The molecule has 0 amide bonds. The SMILES string of the molecule is CC1=CN(S)C(C2=CC(c3ccccc3)=CCC2C)C=C1.